The summed E-state index contributed by atoms with van der Waals surface area (Å²) in [6.45, 7) is 4.94. The van der Waals surface area contributed by atoms with Gasteiger partial charge in [0, 0.05) is 75.0 Å². The summed E-state index contributed by atoms with van der Waals surface area (Å²) in [7, 11) is -3.47. The molecule has 0 aliphatic carbocycles. The highest BCUT2D eigenvalue weighted by atomic mass is 32.2. The quantitative estimate of drug-likeness (QED) is 0.521. The molecule has 0 N–H and O–H groups in total. The zero-order chi connectivity index (χ0) is 24.3. The summed E-state index contributed by atoms with van der Waals surface area (Å²) < 4.78 is 30.0. The molecule has 1 aromatic heterocycles. The fourth-order valence-corrected chi connectivity index (χ4v) is 6.74. The number of nitrogens with zero attached hydrogens (tertiary/aromatic N) is 4. The lowest BCUT2D eigenvalue weighted by atomic mass is 10.2. The van der Waals surface area contributed by atoms with Crippen LogP contribution in [-0.2, 0) is 21.4 Å². The number of hydrogen-bond acceptors (Lipinski definition) is 4. The number of aromatic nitrogens is 1. The molecule has 0 saturated carbocycles. The summed E-state index contributed by atoms with van der Waals surface area (Å²) >= 11 is 0. The fraction of sp³-hybridized carbons (Fsp3) is 0.444. The van der Waals surface area contributed by atoms with Crippen molar-refractivity contribution in [3.63, 3.8) is 0 Å². The SMILES string of the molecule is O=C(CCn1ccc2cc(S(=O)(=O)N3CCCCCC3)ccc21)N1CCN(c2ccccc2)CC1. The van der Waals surface area contributed by atoms with Crippen molar-refractivity contribution in [3.8, 4) is 0 Å². The Morgan fingerprint density at radius 2 is 1.51 bits per heavy atom. The van der Waals surface area contributed by atoms with Crippen molar-refractivity contribution < 1.29 is 13.2 Å². The second-order valence-electron chi connectivity index (χ2n) is 9.50. The van der Waals surface area contributed by atoms with Crippen molar-refractivity contribution in [1.29, 1.82) is 0 Å². The number of para-hydroxylation sites is 1. The number of piperazine rings is 1. The molecule has 186 valence electrons. The molecule has 2 aliphatic heterocycles. The van der Waals surface area contributed by atoms with Gasteiger partial charge < -0.3 is 14.4 Å². The van der Waals surface area contributed by atoms with Gasteiger partial charge in [-0.2, -0.15) is 4.31 Å². The first-order valence-electron chi connectivity index (χ1n) is 12.7. The Bertz CT molecular complexity index is 1260. The van der Waals surface area contributed by atoms with Crippen LogP contribution in [0.5, 0.6) is 0 Å². The summed E-state index contributed by atoms with van der Waals surface area (Å²) in [4.78, 5) is 17.5. The Morgan fingerprint density at radius 1 is 0.800 bits per heavy atom. The zero-order valence-electron chi connectivity index (χ0n) is 20.2. The van der Waals surface area contributed by atoms with Crippen LogP contribution < -0.4 is 4.90 Å². The number of aryl methyl sites for hydroxylation is 1. The molecule has 5 rings (SSSR count). The van der Waals surface area contributed by atoms with Crippen LogP contribution in [0.3, 0.4) is 0 Å². The molecule has 3 heterocycles. The van der Waals surface area contributed by atoms with Crippen LogP contribution in [-0.4, -0.2) is 67.4 Å². The first-order chi connectivity index (χ1) is 17.0. The van der Waals surface area contributed by atoms with E-state index in [1.807, 2.05) is 41.4 Å². The standard InChI is InChI=1S/C27H34N4O3S/c32-27(30-20-18-28(19-21-30)24-8-4-3-5-9-24)13-17-29-16-12-23-22-25(10-11-26(23)29)35(33,34)31-14-6-1-2-7-15-31/h3-5,8-12,16,22H,1-2,6-7,13-15,17-21H2. The third-order valence-electron chi connectivity index (χ3n) is 7.27. The molecule has 2 aromatic carbocycles. The number of carbonyl (C=O) groups excluding carboxylic acids is 1. The summed E-state index contributed by atoms with van der Waals surface area (Å²) in [5, 5.41) is 0.893. The minimum absolute atomic E-state index is 0.167. The number of carbonyl (C=O) groups is 1. The predicted octanol–water partition coefficient (Wildman–Crippen LogP) is 3.94. The lowest BCUT2D eigenvalue weighted by Gasteiger charge is -2.36. The average Bonchev–Trinajstić information content (AvgIpc) is 3.09. The molecule has 1 amide bonds. The largest absolute Gasteiger partial charge is 0.368 e. The summed E-state index contributed by atoms with van der Waals surface area (Å²) in [6.07, 6.45) is 6.42. The fourth-order valence-electron chi connectivity index (χ4n) is 5.19. The van der Waals surface area contributed by atoms with Crippen LogP contribution in [0.1, 0.15) is 32.1 Å². The average molecular weight is 495 g/mol. The minimum Gasteiger partial charge on any atom is -0.368 e. The van der Waals surface area contributed by atoms with E-state index < -0.39 is 10.0 Å². The highest BCUT2D eigenvalue weighted by molar-refractivity contribution is 7.89. The van der Waals surface area contributed by atoms with Gasteiger partial charge in [0.05, 0.1) is 4.90 Å². The second-order valence-corrected chi connectivity index (χ2v) is 11.4. The van der Waals surface area contributed by atoms with Gasteiger partial charge in [0.1, 0.15) is 0 Å². The van der Waals surface area contributed by atoms with Gasteiger partial charge in [-0.1, -0.05) is 31.0 Å². The van der Waals surface area contributed by atoms with Crippen LogP contribution in [0.15, 0.2) is 65.7 Å². The predicted molar refractivity (Wildman–Crippen MR) is 139 cm³/mol. The van der Waals surface area contributed by atoms with E-state index >= 15 is 0 Å². The Hall–Kier alpha value is -2.84. The highest BCUT2D eigenvalue weighted by Crippen LogP contribution is 2.25. The van der Waals surface area contributed by atoms with E-state index in [2.05, 4.69) is 21.6 Å². The molecule has 2 aliphatic rings. The number of benzene rings is 2. The number of amides is 1. The van der Waals surface area contributed by atoms with Crippen molar-refractivity contribution in [3.05, 3.63) is 60.8 Å². The maximum absolute atomic E-state index is 13.2. The van der Waals surface area contributed by atoms with Gasteiger partial charge in [-0.25, -0.2) is 8.42 Å². The first kappa shape index (κ1) is 23.9. The smallest absolute Gasteiger partial charge is 0.243 e. The molecule has 8 heteroatoms. The van der Waals surface area contributed by atoms with Gasteiger partial charge in [-0.3, -0.25) is 4.79 Å². The molecule has 0 bridgehead atoms. The van der Waals surface area contributed by atoms with Crippen molar-refractivity contribution >= 4 is 32.5 Å². The first-order valence-corrected chi connectivity index (χ1v) is 14.1. The maximum atomic E-state index is 13.2. The van der Waals surface area contributed by atoms with E-state index in [9.17, 15) is 13.2 Å². The van der Waals surface area contributed by atoms with Gasteiger partial charge in [-0.15, -0.1) is 0 Å². The minimum atomic E-state index is -3.47. The van der Waals surface area contributed by atoms with E-state index in [1.54, 1.807) is 16.4 Å². The van der Waals surface area contributed by atoms with E-state index in [0.717, 1.165) is 62.8 Å². The van der Waals surface area contributed by atoms with Crippen LogP contribution in [0, 0.1) is 0 Å². The third kappa shape index (κ3) is 5.23. The van der Waals surface area contributed by atoms with Crippen LogP contribution in [0.25, 0.3) is 10.9 Å². The Balaban J connectivity index is 1.20. The number of rotatable bonds is 6. The number of sulfonamides is 1. The van der Waals surface area contributed by atoms with Crippen molar-refractivity contribution in [2.75, 3.05) is 44.2 Å². The highest BCUT2D eigenvalue weighted by Gasteiger charge is 2.26. The normalized spacial score (nSPS) is 18.1. The van der Waals surface area contributed by atoms with Gasteiger partial charge in [0.15, 0.2) is 0 Å². The molecule has 3 aromatic rings. The molecule has 7 nitrogen and oxygen atoms in total. The van der Waals surface area contributed by atoms with Crippen molar-refractivity contribution in [2.24, 2.45) is 0 Å². The Morgan fingerprint density at radius 3 is 2.23 bits per heavy atom. The molecular formula is C27H34N4O3S. The number of anilines is 1. The third-order valence-corrected chi connectivity index (χ3v) is 9.16. The van der Waals surface area contributed by atoms with Crippen molar-refractivity contribution in [1.82, 2.24) is 13.8 Å². The summed E-state index contributed by atoms with van der Waals surface area (Å²) in [6, 6.07) is 17.6. The van der Waals surface area contributed by atoms with Crippen LogP contribution in [0.4, 0.5) is 5.69 Å². The lowest BCUT2D eigenvalue weighted by molar-refractivity contribution is -0.131. The zero-order valence-corrected chi connectivity index (χ0v) is 21.0. The number of hydrogen-bond donors (Lipinski definition) is 0. The molecule has 35 heavy (non-hydrogen) atoms. The molecule has 0 atom stereocenters. The van der Waals surface area contributed by atoms with Crippen LogP contribution >= 0.6 is 0 Å². The van der Waals surface area contributed by atoms with Gasteiger partial charge >= 0.3 is 0 Å². The van der Waals surface area contributed by atoms with E-state index in [4.69, 9.17) is 0 Å². The van der Waals surface area contributed by atoms with Gasteiger partial charge in [0.25, 0.3) is 0 Å². The second kappa shape index (κ2) is 10.4. The van der Waals surface area contributed by atoms with E-state index in [-0.39, 0.29) is 5.91 Å². The molecule has 0 radical (unpaired) electrons. The van der Waals surface area contributed by atoms with Gasteiger partial charge in [-0.05, 0) is 49.2 Å². The Labute approximate surface area is 208 Å². The molecule has 0 spiro atoms. The Kier molecular flexibility index (Phi) is 7.11. The van der Waals surface area contributed by atoms with Crippen molar-refractivity contribution in [2.45, 2.75) is 43.5 Å². The molecular weight excluding hydrogens is 460 g/mol. The summed E-state index contributed by atoms with van der Waals surface area (Å²) in [5.41, 5.74) is 2.16. The lowest BCUT2D eigenvalue weighted by Crippen LogP contribution is -2.48. The molecule has 2 fully saturated rings. The summed E-state index contributed by atoms with van der Waals surface area (Å²) in [5.74, 6) is 0.167. The topological polar surface area (TPSA) is 65.9 Å². The molecule has 2 saturated heterocycles. The van der Waals surface area contributed by atoms with E-state index in [1.165, 1.54) is 5.69 Å². The molecule has 0 unspecified atom stereocenters. The number of fused-ring (bicyclic) bond motifs is 1. The van der Waals surface area contributed by atoms with Gasteiger partial charge in [0.2, 0.25) is 15.9 Å². The monoisotopic (exact) mass is 494 g/mol. The van der Waals surface area contributed by atoms with Crippen LogP contribution in [0.2, 0.25) is 0 Å². The maximum Gasteiger partial charge on any atom is 0.243 e. The van der Waals surface area contributed by atoms with E-state index in [0.29, 0.717) is 31.0 Å².